The van der Waals surface area contributed by atoms with Crippen LogP contribution in [-0.2, 0) is 5.54 Å². The Bertz CT molecular complexity index is 1320. The van der Waals surface area contributed by atoms with Gasteiger partial charge in [-0.25, -0.2) is 0 Å². The molecule has 4 aliphatic heterocycles. The van der Waals surface area contributed by atoms with Gasteiger partial charge in [0.15, 0.2) is 0 Å². The van der Waals surface area contributed by atoms with Gasteiger partial charge in [0.25, 0.3) is 0 Å². The Morgan fingerprint density at radius 3 is 2.64 bits per heavy atom. The molecule has 2 aromatic carbocycles. The molecule has 1 spiro atoms. The molecule has 0 bridgehead atoms. The first kappa shape index (κ1) is 19.0. The summed E-state index contributed by atoms with van der Waals surface area (Å²) in [5.41, 5.74) is 8.27. The summed E-state index contributed by atoms with van der Waals surface area (Å²) in [7, 11) is 0. The number of allylic oxidation sites excluding steroid dienone is 7. The maximum absolute atomic E-state index is 2.67. The molecule has 1 saturated heterocycles. The molecule has 0 aromatic heterocycles. The number of piperidine rings is 1. The summed E-state index contributed by atoms with van der Waals surface area (Å²) in [4.78, 5) is 5.28. The molecule has 0 saturated carbocycles. The van der Waals surface area contributed by atoms with Crippen molar-refractivity contribution in [2.24, 2.45) is 5.41 Å². The minimum absolute atomic E-state index is 0.0154. The lowest BCUT2D eigenvalue weighted by Gasteiger charge is -2.60. The van der Waals surface area contributed by atoms with Gasteiger partial charge in [0.1, 0.15) is 5.54 Å². The maximum Gasteiger partial charge on any atom is 0.106 e. The number of nitrogens with zero attached hydrogens (tertiary/aromatic N) is 2. The topological polar surface area (TPSA) is 6.48 Å². The third-order valence-corrected chi connectivity index (χ3v) is 8.39. The van der Waals surface area contributed by atoms with Crippen LogP contribution in [0.15, 0.2) is 115 Å². The van der Waals surface area contributed by atoms with Crippen molar-refractivity contribution in [2.75, 3.05) is 13.1 Å². The zero-order valence-electron chi connectivity index (χ0n) is 19.0. The highest BCUT2D eigenvalue weighted by molar-refractivity contribution is 5.80. The Labute approximate surface area is 196 Å². The Balaban J connectivity index is 1.43. The van der Waals surface area contributed by atoms with E-state index in [1.165, 1.54) is 28.0 Å². The molecule has 2 heteroatoms. The van der Waals surface area contributed by atoms with Crippen molar-refractivity contribution in [1.82, 2.24) is 9.80 Å². The van der Waals surface area contributed by atoms with Crippen LogP contribution in [0.4, 0.5) is 0 Å². The number of benzene rings is 2. The molecule has 1 aliphatic carbocycles. The zero-order chi connectivity index (χ0) is 22.0. The molecule has 0 amide bonds. The van der Waals surface area contributed by atoms with Crippen molar-refractivity contribution in [3.05, 3.63) is 132 Å². The molecule has 3 atom stereocenters. The molecule has 33 heavy (non-hydrogen) atoms. The third-order valence-electron chi connectivity index (χ3n) is 8.39. The first-order valence-electron chi connectivity index (χ1n) is 12.1. The average molecular weight is 429 g/mol. The Kier molecular flexibility index (Phi) is 3.88. The Morgan fingerprint density at radius 2 is 1.73 bits per heavy atom. The highest BCUT2D eigenvalue weighted by Gasteiger charge is 2.60. The van der Waals surface area contributed by atoms with Crippen molar-refractivity contribution in [3.63, 3.8) is 0 Å². The third kappa shape index (κ3) is 2.44. The Hall–Kier alpha value is -3.52. The lowest BCUT2D eigenvalue weighted by atomic mass is 9.58. The summed E-state index contributed by atoms with van der Waals surface area (Å²) in [5.74, 6) is 0. The van der Waals surface area contributed by atoms with Crippen molar-refractivity contribution in [3.8, 4) is 0 Å². The SMILES string of the molecule is C[C@@]12CC=CC=C1[C@@]1(CN3C=CC(c4ccccc4)=CC32)c2ccccc2C2=CC=CCN21. The van der Waals surface area contributed by atoms with Crippen LogP contribution in [-0.4, -0.2) is 28.9 Å². The zero-order valence-corrected chi connectivity index (χ0v) is 19.0. The van der Waals surface area contributed by atoms with Crippen molar-refractivity contribution >= 4 is 11.3 Å². The summed E-state index contributed by atoms with van der Waals surface area (Å²) < 4.78 is 0. The smallest absolute Gasteiger partial charge is 0.106 e. The van der Waals surface area contributed by atoms with Crippen molar-refractivity contribution < 1.29 is 0 Å². The molecule has 5 aliphatic rings. The van der Waals surface area contributed by atoms with Gasteiger partial charge in [-0.3, -0.25) is 0 Å². The van der Waals surface area contributed by atoms with Crippen LogP contribution in [0.2, 0.25) is 0 Å². The molecule has 7 rings (SSSR count). The molecule has 4 heterocycles. The Morgan fingerprint density at radius 1 is 0.909 bits per heavy atom. The van der Waals surface area contributed by atoms with Crippen molar-refractivity contribution in [2.45, 2.75) is 24.9 Å². The molecule has 0 N–H and O–H groups in total. The highest BCUT2D eigenvalue weighted by Crippen LogP contribution is 2.61. The van der Waals surface area contributed by atoms with Gasteiger partial charge in [0.2, 0.25) is 0 Å². The van der Waals surface area contributed by atoms with Gasteiger partial charge >= 0.3 is 0 Å². The van der Waals surface area contributed by atoms with Gasteiger partial charge in [-0.2, -0.15) is 0 Å². The highest BCUT2D eigenvalue weighted by atomic mass is 15.3. The van der Waals surface area contributed by atoms with Crippen molar-refractivity contribution in [1.29, 1.82) is 0 Å². The molecule has 0 radical (unpaired) electrons. The predicted molar refractivity (Wildman–Crippen MR) is 136 cm³/mol. The fraction of sp³-hybridized carbons (Fsp3) is 0.226. The number of hydrogen-bond acceptors (Lipinski definition) is 2. The van der Waals surface area contributed by atoms with E-state index < -0.39 is 0 Å². The van der Waals surface area contributed by atoms with E-state index in [4.69, 9.17) is 0 Å². The standard InChI is InChI=1S/C31H28N2/c1-30-18-9-7-16-28(30)31(26-14-6-5-13-25(26)27-15-8-10-19-33(27)31)22-32-20-17-24(21-29(30)32)23-11-3-2-4-12-23/h2-17,20-21,29H,18-19,22H2,1H3/t29?,30-,31-/m1/s1. The molecule has 2 aromatic rings. The monoisotopic (exact) mass is 428 g/mol. The predicted octanol–water partition coefficient (Wildman–Crippen LogP) is 6.30. The van der Waals surface area contributed by atoms with Gasteiger partial charge in [-0.15, -0.1) is 0 Å². The second kappa shape index (κ2) is 6.74. The van der Waals surface area contributed by atoms with Crippen LogP contribution in [0.25, 0.3) is 11.3 Å². The molecular weight excluding hydrogens is 400 g/mol. The number of hydrogen-bond donors (Lipinski definition) is 0. The van der Waals surface area contributed by atoms with E-state index in [0.29, 0.717) is 6.04 Å². The fourth-order valence-electron chi connectivity index (χ4n) is 6.92. The fourth-order valence-corrected chi connectivity index (χ4v) is 6.92. The molecule has 2 nitrogen and oxygen atoms in total. The minimum atomic E-state index is -0.147. The summed E-state index contributed by atoms with van der Waals surface area (Å²) in [6.07, 6.45) is 22.2. The summed E-state index contributed by atoms with van der Waals surface area (Å²) in [6, 6.07) is 20.2. The quantitative estimate of drug-likeness (QED) is 0.526. The van der Waals surface area contributed by atoms with E-state index in [0.717, 1.165) is 19.5 Å². The normalized spacial score (nSPS) is 30.8. The van der Waals surface area contributed by atoms with Crippen LogP contribution >= 0.6 is 0 Å². The second-order valence-corrected chi connectivity index (χ2v) is 10.0. The lowest BCUT2D eigenvalue weighted by Crippen LogP contribution is -2.63. The number of rotatable bonds is 1. The van der Waals surface area contributed by atoms with Crippen LogP contribution in [0.5, 0.6) is 0 Å². The van der Waals surface area contributed by atoms with E-state index in [-0.39, 0.29) is 11.0 Å². The van der Waals surface area contributed by atoms with Crippen LogP contribution < -0.4 is 0 Å². The van der Waals surface area contributed by atoms with Gasteiger partial charge in [-0.1, -0.05) is 98.0 Å². The summed E-state index contributed by atoms with van der Waals surface area (Å²) in [6.45, 7) is 4.40. The van der Waals surface area contributed by atoms with Gasteiger partial charge < -0.3 is 9.80 Å². The molecule has 162 valence electrons. The van der Waals surface area contributed by atoms with Gasteiger partial charge in [0.05, 0.1) is 6.04 Å². The molecular formula is C31H28N2. The first-order valence-corrected chi connectivity index (χ1v) is 12.1. The van der Waals surface area contributed by atoms with Crippen LogP contribution in [0, 0.1) is 5.41 Å². The van der Waals surface area contributed by atoms with E-state index in [9.17, 15) is 0 Å². The number of fused-ring (bicyclic) bond motifs is 9. The van der Waals surface area contributed by atoms with E-state index in [1.54, 1.807) is 5.57 Å². The van der Waals surface area contributed by atoms with E-state index in [1.807, 2.05) is 0 Å². The lowest BCUT2D eigenvalue weighted by molar-refractivity contribution is 0.0404. The largest absolute Gasteiger partial charge is 0.367 e. The molecule has 1 unspecified atom stereocenters. The summed E-state index contributed by atoms with van der Waals surface area (Å²) in [5, 5.41) is 0. The van der Waals surface area contributed by atoms with Gasteiger partial charge in [-0.05, 0) is 40.8 Å². The minimum Gasteiger partial charge on any atom is -0.367 e. The van der Waals surface area contributed by atoms with Crippen LogP contribution in [0.1, 0.15) is 30.0 Å². The second-order valence-electron chi connectivity index (χ2n) is 10.0. The first-order chi connectivity index (χ1) is 16.2. The van der Waals surface area contributed by atoms with E-state index in [2.05, 4.69) is 126 Å². The maximum atomic E-state index is 2.67. The molecule has 1 fully saturated rings. The average Bonchev–Trinajstić information content (AvgIpc) is 3.15. The summed E-state index contributed by atoms with van der Waals surface area (Å²) >= 11 is 0. The van der Waals surface area contributed by atoms with Gasteiger partial charge in [0, 0.05) is 36.0 Å². The van der Waals surface area contributed by atoms with E-state index >= 15 is 0 Å². The van der Waals surface area contributed by atoms with Crippen LogP contribution in [0.3, 0.4) is 0 Å².